The molecule has 1 aliphatic heterocycles. The zero-order valence-electron chi connectivity index (χ0n) is 11.7. The van der Waals surface area contributed by atoms with Gasteiger partial charge >= 0.3 is 5.97 Å². The lowest BCUT2D eigenvalue weighted by molar-refractivity contribution is -0.145. The van der Waals surface area contributed by atoms with E-state index in [1.807, 2.05) is 26.0 Å². The fraction of sp³-hybridized carbons (Fsp3) is 0.438. The van der Waals surface area contributed by atoms with Gasteiger partial charge in [0, 0.05) is 22.5 Å². The van der Waals surface area contributed by atoms with Gasteiger partial charge in [-0.05, 0) is 43.5 Å². The van der Waals surface area contributed by atoms with Crippen molar-refractivity contribution in [3.63, 3.8) is 0 Å². The monoisotopic (exact) mass is 291 g/mol. The number of ether oxygens (including phenoxy) is 1. The Morgan fingerprint density at radius 1 is 1.50 bits per heavy atom. The third-order valence-electron chi connectivity index (χ3n) is 4.17. The van der Waals surface area contributed by atoms with Crippen LogP contribution in [0, 0.1) is 12.8 Å². The summed E-state index contributed by atoms with van der Waals surface area (Å²) in [5.41, 5.74) is 3.29. The second-order valence-electron chi connectivity index (χ2n) is 5.41. The number of hydrogen-bond donors (Lipinski definition) is 1. The molecule has 0 saturated carbocycles. The second kappa shape index (κ2) is 5.13. The molecule has 0 fully saturated rings. The highest BCUT2D eigenvalue weighted by atomic mass is 35.5. The van der Waals surface area contributed by atoms with Crippen LogP contribution in [0.1, 0.15) is 30.4 Å². The number of carbonyl (C=O) groups is 1. The highest BCUT2D eigenvalue weighted by molar-refractivity contribution is 6.30. The van der Waals surface area contributed by atoms with Crippen LogP contribution in [0.4, 0.5) is 5.69 Å². The predicted octanol–water partition coefficient (Wildman–Crippen LogP) is 3.67. The number of anilines is 1. The number of hydrogen-bond acceptors (Lipinski definition) is 3. The van der Waals surface area contributed by atoms with Gasteiger partial charge in [0.25, 0.3) is 0 Å². The van der Waals surface area contributed by atoms with E-state index in [9.17, 15) is 4.79 Å². The minimum atomic E-state index is -0.276. The van der Waals surface area contributed by atoms with E-state index in [2.05, 4.69) is 17.5 Å². The van der Waals surface area contributed by atoms with E-state index in [4.69, 9.17) is 16.3 Å². The van der Waals surface area contributed by atoms with Gasteiger partial charge in [0.2, 0.25) is 0 Å². The van der Waals surface area contributed by atoms with Crippen molar-refractivity contribution in [2.45, 2.75) is 32.2 Å². The minimum Gasteiger partial charge on any atom is -0.464 e. The molecule has 3 atom stereocenters. The molecule has 1 N–H and O–H groups in total. The third kappa shape index (κ3) is 2.10. The molecule has 1 aromatic rings. The van der Waals surface area contributed by atoms with Crippen molar-refractivity contribution in [2.24, 2.45) is 5.92 Å². The lowest BCUT2D eigenvalue weighted by atomic mass is 9.78. The normalized spacial score (nSPS) is 26.6. The van der Waals surface area contributed by atoms with Crippen LogP contribution in [0.3, 0.4) is 0 Å². The van der Waals surface area contributed by atoms with Gasteiger partial charge in [-0.1, -0.05) is 23.8 Å². The third-order valence-corrected chi connectivity index (χ3v) is 4.39. The molecule has 1 heterocycles. The molecule has 0 saturated heterocycles. The Bertz CT molecular complexity index is 582. The molecule has 4 heteroatoms. The Morgan fingerprint density at radius 2 is 2.30 bits per heavy atom. The van der Waals surface area contributed by atoms with Gasteiger partial charge in [-0.2, -0.15) is 0 Å². The van der Waals surface area contributed by atoms with Gasteiger partial charge in [0.1, 0.15) is 6.04 Å². The van der Waals surface area contributed by atoms with E-state index < -0.39 is 0 Å². The standard InChI is InChI=1S/C16H18ClNO2/c1-3-20-16(19)15-12-6-4-5-11(12)13-8-10(17)7-9(2)14(13)18-15/h4-5,7-8,11-12,15,18H,3,6H2,1-2H3/t11-,12+,15-/m1/s1. The molecule has 3 rings (SSSR count). The summed E-state index contributed by atoms with van der Waals surface area (Å²) in [5, 5.41) is 4.12. The van der Waals surface area contributed by atoms with Gasteiger partial charge in [-0.3, -0.25) is 0 Å². The lowest BCUT2D eigenvalue weighted by Crippen LogP contribution is -2.43. The molecule has 1 aromatic carbocycles. The van der Waals surface area contributed by atoms with E-state index in [-0.39, 0.29) is 23.8 Å². The van der Waals surface area contributed by atoms with Gasteiger partial charge in [0.05, 0.1) is 6.61 Å². The second-order valence-corrected chi connectivity index (χ2v) is 5.85. The largest absolute Gasteiger partial charge is 0.464 e. The van der Waals surface area contributed by atoms with E-state index in [1.54, 1.807) is 0 Å². The highest BCUT2D eigenvalue weighted by Crippen LogP contribution is 2.46. The van der Waals surface area contributed by atoms with Crippen molar-refractivity contribution < 1.29 is 9.53 Å². The summed E-state index contributed by atoms with van der Waals surface area (Å²) in [6, 6.07) is 3.66. The molecule has 0 amide bonds. The van der Waals surface area contributed by atoms with Gasteiger partial charge in [-0.15, -0.1) is 0 Å². The van der Waals surface area contributed by atoms with Crippen molar-refractivity contribution in [3.8, 4) is 0 Å². The van der Waals surface area contributed by atoms with Crippen LogP contribution in [-0.4, -0.2) is 18.6 Å². The first-order chi connectivity index (χ1) is 9.61. The Morgan fingerprint density at radius 3 is 3.05 bits per heavy atom. The van der Waals surface area contributed by atoms with Crippen LogP contribution < -0.4 is 5.32 Å². The van der Waals surface area contributed by atoms with Crippen molar-refractivity contribution >= 4 is 23.3 Å². The summed E-state index contributed by atoms with van der Waals surface area (Å²) in [6.07, 6.45) is 5.23. The average molecular weight is 292 g/mol. The quantitative estimate of drug-likeness (QED) is 0.667. The van der Waals surface area contributed by atoms with E-state index in [0.29, 0.717) is 6.61 Å². The molecule has 2 aliphatic rings. The molecule has 0 bridgehead atoms. The number of aryl methyl sites for hydroxylation is 1. The highest BCUT2D eigenvalue weighted by Gasteiger charge is 2.41. The van der Waals surface area contributed by atoms with E-state index >= 15 is 0 Å². The number of nitrogens with one attached hydrogen (secondary N) is 1. The van der Waals surface area contributed by atoms with Crippen molar-refractivity contribution in [2.75, 3.05) is 11.9 Å². The van der Waals surface area contributed by atoms with Crippen molar-refractivity contribution in [3.05, 3.63) is 40.4 Å². The number of benzene rings is 1. The Labute approximate surface area is 124 Å². The molecule has 0 radical (unpaired) electrons. The van der Waals surface area contributed by atoms with Gasteiger partial charge < -0.3 is 10.1 Å². The molecule has 0 spiro atoms. The Balaban J connectivity index is 2.03. The molecule has 0 unspecified atom stereocenters. The minimum absolute atomic E-state index is 0.161. The first-order valence-corrected chi connectivity index (χ1v) is 7.39. The molecule has 106 valence electrons. The Kier molecular flexibility index (Phi) is 3.47. The number of fused-ring (bicyclic) bond motifs is 3. The lowest BCUT2D eigenvalue weighted by Gasteiger charge is -2.36. The van der Waals surface area contributed by atoms with Gasteiger partial charge in [-0.25, -0.2) is 4.79 Å². The van der Waals surface area contributed by atoms with Crippen molar-refractivity contribution in [1.29, 1.82) is 0 Å². The topological polar surface area (TPSA) is 38.3 Å². The summed E-state index contributed by atoms with van der Waals surface area (Å²) >= 11 is 6.18. The maximum atomic E-state index is 12.2. The van der Waals surface area contributed by atoms with Crippen molar-refractivity contribution in [1.82, 2.24) is 0 Å². The first kappa shape index (κ1) is 13.5. The summed E-state index contributed by atoms with van der Waals surface area (Å²) < 4.78 is 5.21. The van der Waals surface area contributed by atoms with Crippen LogP contribution in [0.15, 0.2) is 24.3 Å². The summed E-state index contributed by atoms with van der Waals surface area (Å²) in [5.74, 6) is 0.309. The van der Waals surface area contributed by atoms with Crippen LogP contribution in [-0.2, 0) is 9.53 Å². The fourth-order valence-electron chi connectivity index (χ4n) is 3.31. The summed E-state index contributed by atoms with van der Waals surface area (Å²) in [7, 11) is 0. The number of rotatable bonds is 2. The van der Waals surface area contributed by atoms with Crippen LogP contribution in [0.2, 0.25) is 5.02 Å². The first-order valence-electron chi connectivity index (χ1n) is 7.01. The summed E-state index contributed by atoms with van der Waals surface area (Å²) in [6.45, 7) is 4.26. The van der Waals surface area contributed by atoms with Crippen LogP contribution in [0.25, 0.3) is 0 Å². The average Bonchev–Trinajstić information content (AvgIpc) is 2.87. The zero-order valence-corrected chi connectivity index (χ0v) is 12.4. The number of esters is 1. The molecular weight excluding hydrogens is 274 g/mol. The maximum Gasteiger partial charge on any atom is 0.328 e. The number of allylic oxidation sites excluding steroid dienone is 2. The number of halogens is 1. The smallest absolute Gasteiger partial charge is 0.328 e. The number of carbonyl (C=O) groups excluding carboxylic acids is 1. The summed E-state index contributed by atoms with van der Waals surface area (Å²) in [4.78, 5) is 12.2. The molecule has 20 heavy (non-hydrogen) atoms. The molecular formula is C16H18ClNO2. The maximum absolute atomic E-state index is 12.2. The molecule has 0 aromatic heterocycles. The van der Waals surface area contributed by atoms with E-state index in [1.165, 1.54) is 5.56 Å². The fourth-order valence-corrected chi connectivity index (χ4v) is 3.59. The Hall–Kier alpha value is -1.48. The van der Waals surface area contributed by atoms with Gasteiger partial charge in [0.15, 0.2) is 0 Å². The van der Waals surface area contributed by atoms with Crippen LogP contribution >= 0.6 is 11.6 Å². The van der Waals surface area contributed by atoms with Crippen LogP contribution in [0.5, 0.6) is 0 Å². The molecule has 1 aliphatic carbocycles. The zero-order chi connectivity index (χ0) is 14.3. The van der Waals surface area contributed by atoms with E-state index in [0.717, 1.165) is 22.7 Å². The SMILES string of the molecule is CCOC(=O)[C@@H]1Nc2c(C)cc(Cl)cc2[C@@H]2C=CC[C@H]12. The predicted molar refractivity (Wildman–Crippen MR) is 80.2 cm³/mol. The molecule has 3 nitrogen and oxygen atoms in total.